The molecule has 3 N–H and O–H groups in total. The molecule has 0 saturated heterocycles. The minimum absolute atomic E-state index is 0.0226. The Balaban J connectivity index is 2.39. The molecule has 1 amide bonds. The van der Waals surface area contributed by atoms with Crippen LogP contribution in [-0.2, 0) is 24.5 Å². The number of nitrogens with one attached hydrogen (secondary N) is 1. The predicted molar refractivity (Wildman–Crippen MR) is 93.2 cm³/mol. The number of carbonyl (C=O) groups is 2. The highest BCUT2D eigenvalue weighted by atomic mass is 16.7. The van der Waals surface area contributed by atoms with Gasteiger partial charge in [-0.05, 0) is 19.4 Å². The molecule has 1 atom stereocenters. The molecule has 7 heteroatoms. The van der Waals surface area contributed by atoms with Gasteiger partial charge >= 0.3 is 0 Å². The van der Waals surface area contributed by atoms with Gasteiger partial charge in [-0.1, -0.05) is 25.1 Å². The van der Waals surface area contributed by atoms with Gasteiger partial charge in [0, 0.05) is 17.7 Å². The first-order valence-corrected chi connectivity index (χ1v) is 8.42. The van der Waals surface area contributed by atoms with Gasteiger partial charge in [-0.2, -0.15) is 5.26 Å². The Morgan fingerprint density at radius 3 is 2.77 bits per heavy atom. The average molecular weight is 353 g/mol. The van der Waals surface area contributed by atoms with Crippen LogP contribution in [-0.4, -0.2) is 18.3 Å². The van der Waals surface area contributed by atoms with Gasteiger partial charge in [0.1, 0.15) is 17.2 Å². The molecule has 1 unspecified atom stereocenters. The Labute approximate surface area is 151 Å². The first kappa shape index (κ1) is 17.5. The second-order valence-electron chi connectivity index (χ2n) is 5.97. The standard InChI is InChI=1S/C19H19N3O4/c1-3-7-14(23)15-17(25-4-2)26-16(21)12(10-20)19(15)11-8-5-6-9-13(11)22-18(19)24/h5-6,8-9H,3-4,7,21H2,1-2H3,(H,22,24). The van der Waals surface area contributed by atoms with Gasteiger partial charge in [0.05, 0.1) is 6.61 Å². The number of nitriles is 1. The fourth-order valence-electron chi connectivity index (χ4n) is 3.47. The number of benzene rings is 1. The topological polar surface area (TPSA) is 114 Å². The minimum atomic E-state index is -1.66. The number of rotatable bonds is 5. The Bertz CT molecular complexity index is 894. The maximum Gasteiger partial charge on any atom is 0.294 e. The number of nitrogens with two attached hydrogens (primary N) is 1. The van der Waals surface area contributed by atoms with Crippen LogP contribution in [0.15, 0.2) is 47.2 Å². The summed E-state index contributed by atoms with van der Waals surface area (Å²) in [6.07, 6.45) is 0.757. The van der Waals surface area contributed by atoms with E-state index in [2.05, 4.69) is 5.32 Å². The molecule has 2 heterocycles. The lowest BCUT2D eigenvalue weighted by Gasteiger charge is -2.34. The van der Waals surface area contributed by atoms with Crippen molar-refractivity contribution in [3.8, 4) is 6.07 Å². The van der Waals surface area contributed by atoms with E-state index in [0.717, 1.165) is 0 Å². The van der Waals surface area contributed by atoms with E-state index in [1.165, 1.54) is 0 Å². The van der Waals surface area contributed by atoms with Gasteiger partial charge < -0.3 is 20.5 Å². The predicted octanol–water partition coefficient (Wildman–Crippen LogP) is 2.22. The van der Waals surface area contributed by atoms with Crippen molar-refractivity contribution in [2.24, 2.45) is 5.73 Å². The van der Waals surface area contributed by atoms with Crippen LogP contribution < -0.4 is 11.1 Å². The van der Waals surface area contributed by atoms with Crippen molar-refractivity contribution in [3.63, 3.8) is 0 Å². The zero-order valence-corrected chi connectivity index (χ0v) is 14.6. The van der Waals surface area contributed by atoms with Crippen LogP contribution in [0.2, 0.25) is 0 Å². The van der Waals surface area contributed by atoms with Crippen molar-refractivity contribution in [3.05, 3.63) is 52.8 Å². The molecule has 0 aliphatic carbocycles. The number of amides is 1. The fraction of sp³-hybridized carbons (Fsp3) is 0.316. The van der Waals surface area contributed by atoms with Crippen molar-refractivity contribution in [2.45, 2.75) is 32.1 Å². The second-order valence-corrected chi connectivity index (χ2v) is 5.97. The van der Waals surface area contributed by atoms with Crippen LogP contribution in [0.1, 0.15) is 32.3 Å². The monoisotopic (exact) mass is 353 g/mol. The van der Waals surface area contributed by atoms with Crippen LogP contribution in [0, 0.1) is 11.3 Å². The van der Waals surface area contributed by atoms with E-state index in [-0.39, 0.29) is 41.8 Å². The summed E-state index contributed by atoms with van der Waals surface area (Å²) in [6.45, 7) is 3.80. The van der Waals surface area contributed by atoms with E-state index in [0.29, 0.717) is 17.7 Å². The van der Waals surface area contributed by atoms with E-state index in [4.69, 9.17) is 15.2 Å². The number of fused-ring (bicyclic) bond motifs is 2. The summed E-state index contributed by atoms with van der Waals surface area (Å²) in [5.41, 5.74) is 5.22. The molecule has 7 nitrogen and oxygen atoms in total. The van der Waals surface area contributed by atoms with E-state index in [1.807, 2.05) is 13.0 Å². The molecular formula is C19H19N3O4. The van der Waals surface area contributed by atoms with Crippen molar-refractivity contribution >= 4 is 17.4 Å². The Hall–Kier alpha value is -3.27. The third-order valence-electron chi connectivity index (χ3n) is 4.47. The number of Topliss-reactive ketones (excluding diaryl/α,β-unsaturated/α-hetero) is 1. The molecule has 0 radical (unpaired) electrons. The lowest BCUT2D eigenvalue weighted by Crippen LogP contribution is -2.45. The summed E-state index contributed by atoms with van der Waals surface area (Å²) in [5, 5.41) is 12.5. The number of ether oxygens (including phenoxy) is 2. The van der Waals surface area contributed by atoms with E-state index >= 15 is 0 Å². The first-order valence-electron chi connectivity index (χ1n) is 8.42. The molecule has 1 aromatic rings. The van der Waals surface area contributed by atoms with Gasteiger partial charge in [0.15, 0.2) is 11.2 Å². The summed E-state index contributed by atoms with van der Waals surface area (Å²) in [7, 11) is 0. The summed E-state index contributed by atoms with van der Waals surface area (Å²) in [4.78, 5) is 26.1. The Kier molecular flexibility index (Phi) is 4.43. The zero-order chi connectivity index (χ0) is 18.9. The lowest BCUT2D eigenvalue weighted by molar-refractivity contribution is -0.123. The molecule has 134 valence electrons. The molecule has 0 aromatic heterocycles. The SMILES string of the molecule is CCCC(=O)C1=C(OCC)OC(N)=C(C#N)C12C(=O)Nc1ccccc12. The summed E-state index contributed by atoms with van der Waals surface area (Å²) < 4.78 is 11.0. The first-order chi connectivity index (χ1) is 12.5. The molecule has 0 saturated carbocycles. The smallest absolute Gasteiger partial charge is 0.294 e. The van der Waals surface area contributed by atoms with Crippen molar-refractivity contribution in [2.75, 3.05) is 11.9 Å². The number of para-hydroxylation sites is 1. The van der Waals surface area contributed by atoms with Crippen molar-refractivity contribution in [1.82, 2.24) is 0 Å². The molecule has 0 bridgehead atoms. The van der Waals surface area contributed by atoms with Crippen LogP contribution in [0.5, 0.6) is 0 Å². The highest BCUT2D eigenvalue weighted by Gasteiger charge is 2.60. The third-order valence-corrected chi connectivity index (χ3v) is 4.47. The van der Waals surface area contributed by atoms with E-state index < -0.39 is 11.3 Å². The van der Waals surface area contributed by atoms with Crippen LogP contribution >= 0.6 is 0 Å². The van der Waals surface area contributed by atoms with E-state index in [1.54, 1.807) is 31.2 Å². The normalized spacial score (nSPS) is 21.2. The quantitative estimate of drug-likeness (QED) is 0.839. The van der Waals surface area contributed by atoms with Crippen LogP contribution in [0.4, 0.5) is 5.69 Å². The van der Waals surface area contributed by atoms with Gasteiger partial charge in [-0.3, -0.25) is 9.59 Å². The highest BCUT2D eigenvalue weighted by molar-refractivity contribution is 6.18. The summed E-state index contributed by atoms with van der Waals surface area (Å²) in [5.74, 6) is -1.19. The van der Waals surface area contributed by atoms with Crippen LogP contribution in [0.25, 0.3) is 0 Å². The Morgan fingerprint density at radius 2 is 2.12 bits per heavy atom. The van der Waals surface area contributed by atoms with Gasteiger partial charge in [0.25, 0.3) is 5.95 Å². The molecule has 1 spiro atoms. The lowest BCUT2D eigenvalue weighted by atomic mass is 9.67. The molecule has 0 fully saturated rings. The number of hydrogen-bond donors (Lipinski definition) is 2. The summed E-state index contributed by atoms with van der Waals surface area (Å²) >= 11 is 0. The molecule has 2 aliphatic heterocycles. The molecule has 2 aliphatic rings. The van der Waals surface area contributed by atoms with Gasteiger partial charge in [0.2, 0.25) is 11.8 Å². The highest BCUT2D eigenvalue weighted by Crippen LogP contribution is 2.52. The second kappa shape index (κ2) is 6.56. The number of hydrogen-bond acceptors (Lipinski definition) is 6. The number of ketones is 1. The van der Waals surface area contributed by atoms with Gasteiger partial charge in [-0.15, -0.1) is 0 Å². The molecular weight excluding hydrogens is 334 g/mol. The minimum Gasteiger partial charge on any atom is -0.465 e. The summed E-state index contributed by atoms with van der Waals surface area (Å²) in [6, 6.07) is 8.89. The number of carbonyl (C=O) groups excluding carboxylic acids is 2. The average Bonchev–Trinajstić information content (AvgIpc) is 2.89. The fourth-order valence-corrected chi connectivity index (χ4v) is 3.47. The van der Waals surface area contributed by atoms with Crippen molar-refractivity contribution < 1.29 is 19.1 Å². The Morgan fingerprint density at radius 1 is 1.38 bits per heavy atom. The van der Waals surface area contributed by atoms with E-state index in [9.17, 15) is 14.9 Å². The van der Waals surface area contributed by atoms with Crippen LogP contribution in [0.3, 0.4) is 0 Å². The largest absolute Gasteiger partial charge is 0.465 e. The molecule has 26 heavy (non-hydrogen) atoms. The molecule has 3 rings (SSSR count). The maximum atomic E-state index is 13.1. The maximum absolute atomic E-state index is 13.1. The molecule has 1 aromatic carbocycles. The zero-order valence-electron chi connectivity index (χ0n) is 14.6. The number of nitrogens with zero attached hydrogens (tertiary/aromatic N) is 1. The third kappa shape index (κ3) is 2.26. The van der Waals surface area contributed by atoms with Gasteiger partial charge in [-0.25, -0.2) is 0 Å². The van der Waals surface area contributed by atoms with Crippen molar-refractivity contribution in [1.29, 1.82) is 5.26 Å². The number of anilines is 1.